The molecule has 0 saturated heterocycles. The molecule has 1 aliphatic heterocycles. The molecular weight excluding hydrogens is 268 g/mol. The van der Waals surface area contributed by atoms with Gasteiger partial charge in [-0.15, -0.1) is 0 Å². The lowest BCUT2D eigenvalue weighted by Crippen LogP contribution is -2.05. The molecule has 0 fully saturated rings. The molecule has 0 aliphatic carbocycles. The van der Waals surface area contributed by atoms with Gasteiger partial charge in [-0.3, -0.25) is 0 Å². The van der Waals surface area contributed by atoms with Gasteiger partial charge in [-0.1, -0.05) is 12.2 Å². The van der Waals surface area contributed by atoms with Crippen LogP contribution in [0.2, 0.25) is 0 Å². The number of fused-ring (bicyclic) bond motifs is 2. The van der Waals surface area contributed by atoms with Gasteiger partial charge in [0.25, 0.3) is 0 Å². The van der Waals surface area contributed by atoms with Crippen LogP contribution in [0.5, 0.6) is 11.5 Å². The van der Waals surface area contributed by atoms with Crippen LogP contribution in [0.25, 0.3) is 0 Å². The fraction of sp³-hybridized carbons (Fsp3) is 0.471. The van der Waals surface area contributed by atoms with Gasteiger partial charge in [0.05, 0.1) is 13.2 Å². The van der Waals surface area contributed by atoms with Crippen molar-refractivity contribution < 1.29 is 19.4 Å². The molecule has 0 spiro atoms. The Kier molecular flexibility index (Phi) is 6.13. The van der Waals surface area contributed by atoms with E-state index in [4.69, 9.17) is 9.47 Å². The van der Waals surface area contributed by atoms with Crippen LogP contribution < -0.4 is 9.47 Å². The van der Waals surface area contributed by atoms with Crippen LogP contribution in [0.4, 0.5) is 0 Å². The van der Waals surface area contributed by atoms with Crippen molar-refractivity contribution >= 4 is 5.97 Å². The van der Waals surface area contributed by atoms with E-state index in [0.29, 0.717) is 24.7 Å². The van der Waals surface area contributed by atoms with Gasteiger partial charge < -0.3 is 14.6 Å². The quantitative estimate of drug-likeness (QED) is 0.793. The summed E-state index contributed by atoms with van der Waals surface area (Å²) >= 11 is 0. The zero-order chi connectivity index (χ0) is 14.9. The summed E-state index contributed by atoms with van der Waals surface area (Å²) in [5.74, 6) is 0.0863. The van der Waals surface area contributed by atoms with E-state index >= 15 is 0 Å². The molecule has 114 valence electrons. The summed E-state index contributed by atoms with van der Waals surface area (Å²) in [6.45, 7) is 1.16. The molecule has 2 bridgehead atoms. The number of carboxylic acid groups (broad SMARTS) is 1. The number of benzene rings is 1. The van der Waals surface area contributed by atoms with E-state index in [1.54, 1.807) is 18.2 Å². The molecule has 1 aromatic rings. The summed E-state index contributed by atoms with van der Waals surface area (Å²) in [5.41, 5.74) is 0.187. The summed E-state index contributed by atoms with van der Waals surface area (Å²) in [6, 6.07) is 4.92. The predicted molar refractivity (Wildman–Crippen MR) is 81.2 cm³/mol. The summed E-state index contributed by atoms with van der Waals surface area (Å²) in [4.78, 5) is 11.2. The van der Waals surface area contributed by atoms with E-state index in [9.17, 15) is 9.90 Å². The van der Waals surface area contributed by atoms with Crippen molar-refractivity contribution in [2.24, 2.45) is 0 Å². The van der Waals surface area contributed by atoms with Crippen LogP contribution >= 0.6 is 0 Å². The largest absolute Gasteiger partial charge is 0.493 e. The Bertz CT molecular complexity index is 494. The Morgan fingerprint density at radius 3 is 2.29 bits per heavy atom. The lowest BCUT2D eigenvalue weighted by atomic mass is 10.2. The average molecular weight is 290 g/mol. The molecule has 21 heavy (non-hydrogen) atoms. The maximum atomic E-state index is 11.2. The fourth-order valence-electron chi connectivity index (χ4n) is 2.22. The molecule has 0 saturated carbocycles. The fourth-order valence-corrected chi connectivity index (χ4v) is 2.22. The molecule has 1 aliphatic rings. The minimum absolute atomic E-state index is 0.187. The first-order valence-corrected chi connectivity index (χ1v) is 7.55. The summed E-state index contributed by atoms with van der Waals surface area (Å²) in [7, 11) is 0. The van der Waals surface area contributed by atoms with Gasteiger partial charge in [-0.2, -0.15) is 0 Å². The Balaban J connectivity index is 2.09. The maximum Gasteiger partial charge on any atom is 0.339 e. The second kappa shape index (κ2) is 8.35. The van der Waals surface area contributed by atoms with Crippen molar-refractivity contribution in [2.75, 3.05) is 13.2 Å². The predicted octanol–water partition coefficient (Wildman–Crippen LogP) is 4.05. The van der Waals surface area contributed by atoms with Crippen molar-refractivity contribution in [3.8, 4) is 11.5 Å². The smallest absolute Gasteiger partial charge is 0.339 e. The highest BCUT2D eigenvalue weighted by molar-refractivity contribution is 5.91. The van der Waals surface area contributed by atoms with Crippen molar-refractivity contribution in [1.29, 1.82) is 0 Å². The van der Waals surface area contributed by atoms with Gasteiger partial charge in [-0.05, 0) is 50.7 Å². The molecule has 0 aromatic heterocycles. The first-order chi connectivity index (χ1) is 10.3. The summed E-state index contributed by atoms with van der Waals surface area (Å²) in [5, 5.41) is 9.19. The number of carbonyl (C=O) groups is 1. The highest BCUT2D eigenvalue weighted by atomic mass is 16.5. The second-order valence-electron chi connectivity index (χ2n) is 5.12. The third-order valence-electron chi connectivity index (χ3n) is 3.41. The molecule has 0 amide bonds. The normalized spacial score (nSPS) is 18.5. The Morgan fingerprint density at radius 2 is 1.62 bits per heavy atom. The van der Waals surface area contributed by atoms with E-state index in [2.05, 4.69) is 12.2 Å². The van der Waals surface area contributed by atoms with E-state index in [1.165, 1.54) is 0 Å². The Hall–Kier alpha value is -1.97. The van der Waals surface area contributed by atoms with E-state index in [-0.39, 0.29) is 5.56 Å². The number of allylic oxidation sites excluding steroid dienone is 2. The first kappa shape index (κ1) is 15.4. The zero-order valence-electron chi connectivity index (χ0n) is 12.2. The first-order valence-electron chi connectivity index (χ1n) is 7.55. The lowest BCUT2D eigenvalue weighted by molar-refractivity contribution is 0.0692. The molecule has 4 heteroatoms. The minimum Gasteiger partial charge on any atom is -0.493 e. The van der Waals surface area contributed by atoms with E-state index in [1.807, 2.05) is 0 Å². The standard InChI is InChI=1S/C17H22O4/c18-17(19)15-10-9-14-13-16(15)21-12-8-6-4-2-1-3-5-7-11-20-14/h1-2,9-10,13H,3-8,11-12H2,(H,18,19)/b2-1+. The highest BCUT2D eigenvalue weighted by Crippen LogP contribution is 2.25. The molecule has 4 nitrogen and oxygen atoms in total. The number of ether oxygens (including phenoxy) is 2. The molecule has 1 heterocycles. The Morgan fingerprint density at radius 1 is 0.952 bits per heavy atom. The number of rotatable bonds is 1. The van der Waals surface area contributed by atoms with Gasteiger partial charge >= 0.3 is 5.97 Å². The topological polar surface area (TPSA) is 55.8 Å². The second-order valence-corrected chi connectivity index (χ2v) is 5.12. The van der Waals surface area contributed by atoms with Gasteiger partial charge in [0.2, 0.25) is 0 Å². The summed E-state index contributed by atoms with van der Waals surface area (Å²) in [6.07, 6.45) is 10.6. The average Bonchev–Trinajstić information content (AvgIpc) is 2.48. The van der Waals surface area contributed by atoms with E-state index < -0.39 is 5.97 Å². The molecule has 2 rings (SSSR count). The molecule has 0 atom stereocenters. The molecule has 0 radical (unpaired) electrons. The number of hydrogen-bond donors (Lipinski definition) is 1. The lowest BCUT2D eigenvalue weighted by Gasteiger charge is -2.12. The third kappa shape index (κ3) is 5.14. The SMILES string of the molecule is O=C(O)c1ccc2cc1OCCCC/C=C/CCCCO2. The van der Waals surface area contributed by atoms with Gasteiger partial charge in [0.15, 0.2) is 0 Å². The highest BCUT2D eigenvalue weighted by Gasteiger charge is 2.12. The van der Waals surface area contributed by atoms with Crippen LogP contribution in [0.3, 0.4) is 0 Å². The number of hydrogen-bond acceptors (Lipinski definition) is 3. The molecule has 1 aromatic carbocycles. The van der Waals surface area contributed by atoms with Crippen LogP contribution in [0.1, 0.15) is 48.9 Å². The number of carboxylic acids is 1. The molecular formula is C17H22O4. The Labute approximate surface area is 125 Å². The van der Waals surface area contributed by atoms with Gasteiger partial charge in [-0.25, -0.2) is 4.79 Å². The van der Waals surface area contributed by atoms with Gasteiger partial charge in [0, 0.05) is 6.07 Å². The van der Waals surface area contributed by atoms with E-state index in [0.717, 1.165) is 38.5 Å². The zero-order valence-corrected chi connectivity index (χ0v) is 12.2. The van der Waals surface area contributed by atoms with Crippen molar-refractivity contribution in [3.05, 3.63) is 35.9 Å². The van der Waals surface area contributed by atoms with Crippen LogP contribution in [0.15, 0.2) is 30.4 Å². The van der Waals surface area contributed by atoms with Crippen molar-refractivity contribution in [1.82, 2.24) is 0 Å². The van der Waals surface area contributed by atoms with Gasteiger partial charge in [0.1, 0.15) is 17.1 Å². The van der Waals surface area contributed by atoms with Crippen LogP contribution in [-0.4, -0.2) is 24.3 Å². The maximum absolute atomic E-state index is 11.2. The number of aromatic carboxylic acids is 1. The summed E-state index contributed by atoms with van der Waals surface area (Å²) < 4.78 is 11.3. The monoisotopic (exact) mass is 290 g/mol. The van der Waals surface area contributed by atoms with Crippen LogP contribution in [-0.2, 0) is 0 Å². The molecule has 1 N–H and O–H groups in total. The third-order valence-corrected chi connectivity index (χ3v) is 3.41. The van der Waals surface area contributed by atoms with Crippen molar-refractivity contribution in [3.63, 3.8) is 0 Å². The van der Waals surface area contributed by atoms with Crippen molar-refractivity contribution in [2.45, 2.75) is 38.5 Å². The minimum atomic E-state index is -0.975. The van der Waals surface area contributed by atoms with Crippen LogP contribution in [0, 0.1) is 0 Å². The molecule has 0 unspecified atom stereocenters.